The Morgan fingerprint density at radius 1 is 1.27 bits per heavy atom. The minimum atomic E-state index is 0. The minimum absolute atomic E-state index is 0. The van der Waals surface area contributed by atoms with Crippen molar-refractivity contribution in [1.82, 2.24) is 5.32 Å². The van der Waals surface area contributed by atoms with Crippen molar-refractivity contribution in [3.63, 3.8) is 0 Å². The fourth-order valence-electron chi connectivity index (χ4n) is 1.71. The van der Waals surface area contributed by atoms with Crippen molar-refractivity contribution in [2.24, 2.45) is 0 Å². The molecule has 1 N–H and O–H groups in total. The predicted molar refractivity (Wildman–Crippen MR) is 65.5 cm³/mol. The van der Waals surface area contributed by atoms with Crippen LogP contribution in [0.5, 0.6) is 0 Å². The molecule has 0 aromatic rings. The molecule has 1 saturated heterocycles. The van der Waals surface area contributed by atoms with Gasteiger partial charge in [0.2, 0.25) is 0 Å². The average Bonchev–Trinajstić information content (AvgIpc) is 2.83. The highest BCUT2D eigenvalue weighted by molar-refractivity contribution is 5.85. The van der Waals surface area contributed by atoms with Gasteiger partial charge in [0.15, 0.2) is 0 Å². The predicted octanol–water partition coefficient (Wildman–Crippen LogP) is 2.23. The van der Waals surface area contributed by atoms with E-state index in [2.05, 4.69) is 36.5 Å². The van der Waals surface area contributed by atoms with Crippen molar-refractivity contribution < 1.29 is 4.74 Å². The molecule has 0 amide bonds. The monoisotopic (exact) mass is 227 g/mol. The Morgan fingerprint density at radius 2 is 1.93 bits per heavy atom. The zero-order valence-corrected chi connectivity index (χ0v) is 9.85. The first-order valence-corrected chi connectivity index (χ1v) is 5.25. The van der Waals surface area contributed by atoms with E-state index < -0.39 is 0 Å². The van der Waals surface area contributed by atoms with E-state index in [1.54, 1.807) is 0 Å². The van der Waals surface area contributed by atoms with Gasteiger partial charge in [0.05, 0.1) is 12.7 Å². The molecule has 0 spiro atoms. The number of rotatable bonds is 0. The van der Waals surface area contributed by atoms with Gasteiger partial charge < -0.3 is 10.1 Å². The molecule has 84 valence electrons. The summed E-state index contributed by atoms with van der Waals surface area (Å²) in [6.45, 7) is 4.98. The average molecular weight is 228 g/mol. The lowest BCUT2D eigenvalue weighted by atomic mass is 10.3. The van der Waals surface area contributed by atoms with E-state index in [9.17, 15) is 0 Å². The van der Waals surface area contributed by atoms with Crippen molar-refractivity contribution in [2.75, 3.05) is 19.7 Å². The second-order valence-electron chi connectivity index (χ2n) is 3.88. The van der Waals surface area contributed by atoms with Gasteiger partial charge in [-0.05, 0) is 24.5 Å². The smallest absolute Gasteiger partial charge is 0.0672 e. The number of ether oxygens (including phenoxy) is 1. The first kappa shape index (κ1) is 12.5. The first-order valence-electron chi connectivity index (χ1n) is 5.25. The largest absolute Gasteiger partial charge is 0.376 e. The summed E-state index contributed by atoms with van der Waals surface area (Å²) >= 11 is 0. The van der Waals surface area contributed by atoms with Crippen LogP contribution in [0.2, 0.25) is 0 Å². The molecule has 2 nitrogen and oxygen atoms in total. The summed E-state index contributed by atoms with van der Waals surface area (Å²) in [5.74, 6) is 0. The van der Waals surface area contributed by atoms with Gasteiger partial charge in [0.25, 0.3) is 0 Å². The Kier molecular flexibility index (Phi) is 5.09. The molecule has 3 aliphatic rings. The van der Waals surface area contributed by atoms with Crippen LogP contribution in [0.3, 0.4) is 0 Å². The van der Waals surface area contributed by atoms with Crippen LogP contribution in [0.25, 0.3) is 0 Å². The number of fused-ring (bicyclic) bond motifs is 2. The maximum atomic E-state index is 5.22. The molecule has 1 fully saturated rings. The lowest BCUT2D eigenvalue weighted by Gasteiger charge is -2.18. The molecule has 2 bridgehead atoms. The Bertz CT molecular complexity index is 268. The Balaban J connectivity index is 0.000000141. The molecule has 1 unspecified atom stereocenters. The van der Waals surface area contributed by atoms with Gasteiger partial charge in [-0.1, -0.05) is 24.3 Å². The number of morpholine rings is 1. The Hall–Kier alpha value is -0.570. The van der Waals surface area contributed by atoms with Gasteiger partial charge in [0.1, 0.15) is 0 Å². The molecule has 0 saturated carbocycles. The maximum Gasteiger partial charge on any atom is 0.0672 e. The fourth-order valence-corrected chi connectivity index (χ4v) is 1.71. The van der Waals surface area contributed by atoms with Gasteiger partial charge in [-0.2, -0.15) is 0 Å². The first-order chi connectivity index (χ1) is 6.84. The highest BCUT2D eigenvalue weighted by Crippen LogP contribution is 2.27. The molecule has 2 aliphatic carbocycles. The van der Waals surface area contributed by atoms with E-state index in [0.717, 1.165) is 19.7 Å². The quantitative estimate of drug-likeness (QED) is 0.685. The second-order valence-corrected chi connectivity index (χ2v) is 3.88. The summed E-state index contributed by atoms with van der Waals surface area (Å²) in [5.41, 5.74) is 2.94. The zero-order valence-electron chi connectivity index (χ0n) is 9.03. The van der Waals surface area contributed by atoms with Crippen molar-refractivity contribution in [3.8, 4) is 0 Å². The number of allylic oxidation sites excluding steroid dienone is 6. The molecule has 3 heteroatoms. The molecule has 15 heavy (non-hydrogen) atoms. The summed E-state index contributed by atoms with van der Waals surface area (Å²) < 4.78 is 5.22. The van der Waals surface area contributed by atoms with Gasteiger partial charge in [0, 0.05) is 13.1 Å². The lowest BCUT2D eigenvalue weighted by Crippen LogP contribution is -2.36. The van der Waals surface area contributed by atoms with Gasteiger partial charge >= 0.3 is 0 Å². The van der Waals surface area contributed by atoms with E-state index in [0.29, 0.717) is 6.10 Å². The van der Waals surface area contributed by atoms with Crippen molar-refractivity contribution in [2.45, 2.75) is 19.4 Å². The molecule has 1 atom stereocenters. The third kappa shape index (κ3) is 3.82. The summed E-state index contributed by atoms with van der Waals surface area (Å²) in [7, 11) is 0. The van der Waals surface area contributed by atoms with Crippen LogP contribution in [-0.2, 0) is 4.74 Å². The van der Waals surface area contributed by atoms with Crippen LogP contribution in [0.1, 0.15) is 13.3 Å². The normalized spacial score (nSPS) is 26.1. The van der Waals surface area contributed by atoms with Crippen molar-refractivity contribution in [3.05, 3.63) is 35.5 Å². The molecule has 3 rings (SSSR count). The lowest BCUT2D eigenvalue weighted by molar-refractivity contribution is 0.0410. The molecule has 0 aromatic heterocycles. The van der Waals surface area contributed by atoms with Crippen LogP contribution < -0.4 is 5.32 Å². The molecule has 0 radical (unpaired) electrons. The number of hydrogen-bond acceptors (Lipinski definition) is 2. The third-order valence-electron chi connectivity index (χ3n) is 2.54. The molecule has 1 aliphatic heterocycles. The zero-order chi connectivity index (χ0) is 9.80. The number of halogens is 1. The highest BCUT2D eigenvalue weighted by atomic mass is 35.5. The molecule has 1 heterocycles. The molecular formula is C12H18ClNO. The van der Waals surface area contributed by atoms with E-state index in [4.69, 9.17) is 4.74 Å². The van der Waals surface area contributed by atoms with Gasteiger partial charge in [-0.25, -0.2) is 0 Å². The maximum absolute atomic E-state index is 5.22. The molecular weight excluding hydrogens is 210 g/mol. The van der Waals surface area contributed by atoms with Crippen LogP contribution in [-0.4, -0.2) is 25.8 Å². The Labute approximate surface area is 97.5 Å². The van der Waals surface area contributed by atoms with E-state index in [1.165, 1.54) is 17.6 Å². The van der Waals surface area contributed by atoms with Crippen LogP contribution >= 0.6 is 12.4 Å². The summed E-state index contributed by atoms with van der Waals surface area (Å²) in [5, 5.41) is 3.21. The number of hydrogen-bond donors (Lipinski definition) is 1. The van der Waals surface area contributed by atoms with Crippen LogP contribution in [0.4, 0.5) is 0 Å². The van der Waals surface area contributed by atoms with Crippen molar-refractivity contribution >= 4 is 12.4 Å². The van der Waals surface area contributed by atoms with E-state index in [-0.39, 0.29) is 12.4 Å². The number of nitrogens with one attached hydrogen (secondary N) is 1. The second kappa shape index (κ2) is 6.11. The standard InChI is InChI=1S/C7H6.C5H11NO.ClH/c1-2-7-4-3-6(1)5-7;1-5-4-6-2-3-7-5;/h1-4H,5H2;5-6H,2-4H2,1H3;1H. The van der Waals surface area contributed by atoms with Crippen molar-refractivity contribution in [1.29, 1.82) is 0 Å². The van der Waals surface area contributed by atoms with Gasteiger partial charge in [-0.15, -0.1) is 12.4 Å². The van der Waals surface area contributed by atoms with Crippen LogP contribution in [0.15, 0.2) is 35.5 Å². The molecule has 0 aromatic carbocycles. The highest BCUT2D eigenvalue weighted by Gasteiger charge is 2.07. The Morgan fingerprint density at radius 3 is 2.13 bits per heavy atom. The fraction of sp³-hybridized carbons (Fsp3) is 0.500. The van der Waals surface area contributed by atoms with E-state index in [1.807, 2.05) is 0 Å². The summed E-state index contributed by atoms with van der Waals surface area (Å²) in [4.78, 5) is 0. The van der Waals surface area contributed by atoms with Crippen LogP contribution in [0, 0.1) is 0 Å². The SMILES string of the molecule is C1=CC2=CC=C1C2.CC1CNCCO1.Cl. The topological polar surface area (TPSA) is 21.3 Å². The van der Waals surface area contributed by atoms with Gasteiger partial charge in [-0.3, -0.25) is 0 Å². The van der Waals surface area contributed by atoms with E-state index >= 15 is 0 Å². The summed E-state index contributed by atoms with van der Waals surface area (Å²) in [6.07, 6.45) is 10.3. The minimum Gasteiger partial charge on any atom is -0.376 e. The summed E-state index contributed by atoms with van der Waals surface area (Å²) in [6, 6.07) is 0. The third-order valence-corrected chi connectivity index (χ3v) is 2.54.